The van der Waals surface area contributed by atoms with Crippen LogP contribution in [0.3, 0.4) is 0 Å². The second-order valence-corrected chi connectivity index (χ2v) is 3.36. The second-order valence-electron chi connectivity index (χ2n) is 3.36. The number of hydrogen-bond acceptors (Lipinski definition) is 3. The topological polar surface area (TPSA) is 92.4 Å². The number of carbonyl (C=O) groups is 2. The summed E-state index contributed by atoms with van der Waals surface area (Å²) in [5.74, 6) is -1.21. The Hall–Kier alpha value is -1.10. The minimum Gasteiger partial charge on any atom is -0.481 e. The predicted octanol–water partition coefficient (Wildman–Crippen LogP) is 0.0932. The summed E-state index contributed by atoms with van der Waals surface area (Å²) in [5, 5.41) is 11.1. The molecule has 2 unspecified atom stereocenters. The van der Waals surface area contributed by atoms with Crippen molar-refractivity contribution in [2.24, 2.45) is 5.73 Å². The lowest BCUT2D eigenvalue weighted by atomic mass is 10.1. The number of amides is 1. The number of carbonyl (C=O) groups excluding carboxylic acids is 1. The van der Waals surface area contributed by atoms with Gasteiger partial charge >= 0.3 is 5.97 Å². The zero-order valence-electron chi connectivity index (χ0n) is 8.62. The number of aliphatic carboxylic acids is 1. The van der Waals surface area contributed by atoms with Gasteiger partial charge in [-0.3, -0.25) is 9.59 Å². The molecule has 0 saturated heterocycles. The van der Waals surface area contributed by atoms with Gasteiger partial charge in [0.1, 0.15) is 0 Å². The Labute approximate surface area is 83.7 Å². The van der Waals surface area contributed by atoms with Gasteiger partial charge < -0.3 is 16.2 Å². The standard InChI is InChI=1S/C9H18N2O3/c1-3-6(2)11-9(14)7(10)4-5-8(12)13/h6-7H,3-5,10H2,1-2H3,(H,11,14)(H,12,13). The van der Waals surface area contributed by atoms with Gasteiger partial charge in [-0.05, 0) is 19.8 Å². The van der Waals surface area contributed by atoms with E-state index in [0.717, 1.165) is 6.42 Å². The number of hydrogen-bond donors (Lipinski definition) is 3. The molecule has 0 saturated carbocycles. The van der Waals surface area contributed by atoms with Gasteiger partial charge in [0.25, 0.3) is 0 Å². The van der Waals surface area contributed by atoms with E-state index in [9.17, 15) is 9.59 Å². The van der Waals surface area contributed by atoms with Crippen molar-refractivity contribution in [3.05, 3.63) is 0 Å². The molecule has 0 aliphatic heterocycles. The maximum absolute atomic E-state index is 11.3. The average Bonchev–Trinajstić information content (AvgIpc) is 2.13. The first kappa shape index (κ1) is 12.9. The summed E-state index contributed by atoms with van der Waals surface area (Å²) in [6.45, 7) is 3.83. The van der Waals surface area contributed by atoms with E-state index in [-0.39, 0.29) is 24.8 Å². The van der Waals surface area contributed by atoms with E-state index < -0.39 is 12.0 Å². The van der Waals surface area contributed by atoms with Gasteiger partial charge in [-0.15, -0.1) is 0 Å². The minimum absolute atomic E-state index is 0.0743. The molecular weight excluding hydrogens is 184 g/mol. The lowest BCUT2D eigenvalue weighted by Gasteiger charge is -2.15. The molecule has 2 atom stereocenters. The van der Waals surface area contributed by atoms with Gasteiger partial charge in [-0.2, -0.15) is 0 Å². The Bertz CT molecular complexity index is 206. The molecule has 0 spiro atoms. The molecular formula is C9H18N2O3. The Morgan fingerprint density at radius 2 is 2.07 bits per heavy atom. The molecule has 0 heterocycles. The van der Waals surface area contributed by atoms with Crippen LogP contribution in [0.2, 0.25) is 0 Å². The first-order valence-corrected chi connectivity index (χ1v) is 4.75. The maximum atomic E-state index is 11.3. The zero-order valence-corrected chi connectivity index (χ0v) is 8.62. The molecule has 0 aliphatic carbocycles. The lowest BCUT2D eigenvalue weighted by Crippen LogP contribution is -2.44. The van der Waals surface area contributed by atoms with E-state index >= 15 is 0 Å². The SMILES string of the molecule is CCC(C)NC(=O)C(N)CCC(=O)O. The fourth-order valence-corrected chi connectivity index (χ4v) is 0.862. The molecule has 0 radical (unpaired) electrons. The van der Waals surface area contributed by atoms with Gasteiger partial charge in [0.2, 0.25) is 5.91 Å². The third-order valence-electron chi connectivity index (χ3n) is 2.01. The van der Waals surface area contributed by atoms with Crippen LogP contribution in [0.1, 0.15) is 33.1 Å². The molecule has 14 heavy (non-hydrogen) atoms. The van der Waals surface area contributed by atoms with Crippen molar-refractivity contribution in [3.63, 3.8) is 0 Å². The van der Waals surface area contributed by atoms with E-state index in [0.29, 0.717) is 0 Å². The fourth-order valence-electron chi connectivity index (χ4n) is 0.862. The molecule has 5 nitrogen and oxygen atoms in total. The molecule has 0 aliphatic rings. The number of nitrogens with two attached hydrogens (primary N) is 1. The average molecular weight is 202 g/mol. The Morgan fingerprint density at radius 1 is 1.50 bits per heavy atom. The smallest absolute Gasteiger partial charge is 0.303 e. The summed E-state index contributed by atoms with van der Waals surface area (Å²) in [7, 11) is 0. The number of rotatable bonds is 6. The summed E-state index contributed by atoms with van der Waals surface area (Å²) < 4.78 is 0. The van der Waals surface area contributed by atoms with Crippen LogP contribution in [0.15, 0.2) is 0 Å². The van der Waals surface area contributed by atoms with Crippen LogP contribution < -0.4 is 11.1 Å². The van der Waals surface area contributed by atoms with Gasteiger partial charge in [-0.1, -0.05) is 6.92 Å². The van der Waals surface area contributed by atoms with Crippen molar-refractivity contribution in [2.45, 2.75) is 45.2 Å². The summed E-state index contributed by atoms with van der Waals surface area (Å²) >= 11 is 0. The highest BCUT2D eigenvalue weighted by molar-refractivity contribution is 5.82. The van der Waals surface area contributed by atoms with Crippen molar-refractivity contribution in [3.8, 4) is 0 Å². The first-order chi connectivity index (χ1) is 6.47. The highest BCUT2D eigenvalue weighted by atomic mass is 16.4. The summed E-state index contributed by atoms with van der Waals surface area (Å²) in [4.78, 5) is 21.5. The molecule has 0 aromatic rings. The van der Waals surface area contributed by atoms with E-state index in [1.54, 1.807) is 0 Å². The fraction of sp³-hybridized carbons (Fsp3) is 0.778. The van der Waals surface area contributed by atoms with Crippen LogP contribution in [-0.2, 0) is 9.59 Å². The quantitative estimate of drug-likeness (QED) is 0.569. The third-order valence-corrected chi connectivity index (χ3v) is 2.01. The van der Waals surface area contributed by atoms with Crippen molar-refractivity contribution < 1.29 is 14.7 Å². The minimum atomic E-state index is -0.934. The van der Waals surface area contributed by atoms with Gasteiger partial charge in [0.15, 0.2) is 0 Å². The molecule has 1 amide bonds. The van der Waals surface area contributed by atoms with Crippen LogP contribution in [-0.4, -0.2) is 29.1 Å². The van der Waals surface area contributed by atoms with Crippen LogP contribution in [0.4, 0.5) is 0 Å². The molecule has 5 heteroatoms. The van der Waals surface area contributed by atoms with Crippen LogP contribution in [0.5, 0.6) is 0 Å². The number of carboxylic acid groups (broad SMARTS) is 1. The third kappa shape index (κ3) is 5.53. The van der Waals surface area contributed by atoms with Crippen molar-refractivity contribution in [2.75, 3.05) is 0 Å². The molecule has 4 N–H and O–H groups in total. The Morgan fingerprint density at radius 3 is 2.50 bits per heavy atom. The molecule has 0 aromatic carbocycles. The summed E-state index contributed by atoms with van der Waals surface area (Å²) in [6.07, 6.45) is 0.935. The van der Waals surface area contributed by atoms with Crippen LogP contribution in [0, 0.1) is 0 Å². The normalized spacial score (nSPS) is 14.5. The van der Waals surface area contributed by atoms with Crippen molar-refractivity contribution in [1.82, 2.24) is 5.32 Å². The van der Waals surface area contributed by atoms with Crippen LogP contribution >= 0.6 is 0 Å². The predicted molar refractivity (Wildman–Crippen MR) is 52.7 cm³/mol. The lowest BCUT2D eigenvalue weighted by molar-refractivity contribution is -0.137. The first-order valence-electron chi connectivity index (χ1n) is 4.75. The maximum Gasteiger partial charge on any atom is 0.303 e. The highest BCUT2D eigenvalue weighted by Crippen LogP contribution is 1.96. The van der Waals surface area contributed by atoms with Crippen LogP contribution in [0.25, 0.3) is 0 Å². The molecule has 0 bridgehead atoms. The highest BCUT2D eigenvalue weighted by Gasteiger charge is 2.15. The van der Waals surface area contributed by atoms with Crippen molar-refractivity contribution >= 4 is 11.9 Å². The Kier molecular flexibility index (Phi) is 5.87. The monoisotopic (exact) mass is 202 g/mol. The zero-order chi connectivity index (χ0) is 11.1. The number of nitrogens with one attached hydrogen (secondary N) is 1. The summed E-state index contributed by atoms with van der Waals surface area (Å²) in [6, 6.07) is -0.640. The summed E-state index contributed by atoms with van der Waals surface area (Å²) in [5.41, 5.74) is 5.49. The molecule has 0 rings (SSSR count). The molecule has 82 valence electrons. The van der Waals surface area contributed by atoms with E-state index in [2.05, 4.69) is 5.32 Å². The number of carboxylic acids is 1. The van der Waals surface area contributed by atoms with E-state index in [1.807, 2.05) is 13.8 Å². The van der Waals surface area contributed by atoms with Crippen molar-refractivity contribution in [1.29, 1.82) is 0 Å². The van der Waals surface area contributed by atoms with Gasteiger partial charge in [-0.25, -0.2) is 0 Å². The second kappa shape index (κ2) is 6.37. The van der Waals surface area contributed by atoms with Gasteiger partial charge in [0.05, 0.1) is 6.04 Å². The largest absolute Gasteiger partial charge is 0.481 e. The molecule has 0 aromatic heterocycles. The molecule has 0 fully saturated rings. The Balaban J connectivity index is 3.81. The van der Waals surface area contributed by atoms with E-state index in [4.69, 9.17) is 10.8 Å². The van der Waals surface area contributed by atoms with E-state index in [1.165, 1.54) is 0 Å². The van der Waals surface area contributed by atoms with Gasteiger partial charge in [0, 0.05) is 12.5 Å².